The molecule has 2 heterocycles. The fraction of sp³-hybridized carbons (Fsp3) is 0.714. The molecule has 0 amide bonds. The van der Waals surface area contributed by atoms with E-state index in [4.69, 9.17) is 14.2 Å². The predicted octanol–water partition coefficient (Wildman–Crippen LogP) is 3.16. The molecular weight excluding hydrogens is 457 g/mol. The molecule has 1 aromatic carbocycles. The highest BCUT2D eigenvalue weighted by Crippen LogP contribution is 2.49. The number of methoxy groups -OCH3 is 1. The molecule has 3 aliphatic rings. The summed E-state index contributed by atoms with van der Waals surface area (Å²) < 4.78 is 17.8. The van der Waals surface area contributed by atoms with Crippen LogP contribution in [0.5, 0.6) is 5.75 Å². The third-order valence-corrected chi connectivity index (χ3v) is 7.48. The molecule has 1 aliphatic carbocycles. The minimum Gasteiger partial charge on any atom is -0.497 e. The SMILES string of the molecule is COc1ccc(C[C@@H](CO)N2C[C@@H](I)CC23CCC2(CC3)OCCO2)cc1. The summed E-state index contributed by atoms with van der Waals surface area (Å²) in [6.07, 6.45) is 6.17. The van der Waals surface area contributed by atoms with Crippen molar-refractivity contribution in [2.24, 2.45) is 0 Å². The maximum Gasteiger partial charge on any atom is 0.168 e. The summed E-state index contributed by atoms with van der Waals surface area (Å²) in [4.78, 5) is 2.61. The number of ether oxygens (including phenoxy) is 3. The molecular formula is C21H30INO4. The van der Waals surface area contributed by atoms with Crippen LogP contribution < -0.4 is 4.74 Å². The van der Waals surface area contributed by atoms with E-state index in [9.17, 15) is 5.11 Å². The van der Waals surface area contributed by atoms with Crippen molar-refractivity contribution < 1.29 is 19.3 Å². The molecule has 0 aromatic heterocycles. The van der Waals surface area contributed by atoms with Gasteiger partial charge in [-0.15, -0.1) is 0 Å². The Morgan fingerprint density at radius 3 is 2.44 bits per heavy atom. The first kappa shape index (κ1) is 19.9. The Labute approximate surface area is 175 Å². The summed E-state index contributed by atoms with van der Waals surface area (Å²) in [6.45, 7) is 2.69. The van der Waals surface area contributed by atoms with Crippen molar-refractivity contribution in [3.05, 3.63) is 29.8 Å². The second kappa shape index (κ2) is 8.14. The lowest BCUT2D eigenvalue weighted by atomic mass is 9.76. The summed E-state index contributed by atoms with van der Waals surface area (Å²) in [6, 6.07) is 8.38. The average molecular weight is 487 g/mol. The largest absolute Gasteiger partial charge is 0.497 e. The van der Waals surface area contributed by atoms with Gasteiger partial charge in [-0.1, -0.05) is 34.7 Å². The number of aliphatic hydroxyl groups excluding tert-OH is 1. The highest BCUT2D eigenvalue weighted by Gasteiger charge is 2.53. The van der Waals surface area contributed by atoms with Crippen LogP contribution in [0.4, 0.5) is 0 Å². The number of aliphatic hydroxyl groups is 1. The van der Waals surface area contributed by atoms with Gasteiger partial charge >= 0.3 is 0 Å². The summed E-state index contributed by atoms with van der Waals surface area (Å²) in [5.74, 6) is 0.545. The van der Waals surface area contributed by atoms with E-state index in [-0.39, 0.29) is 24.0 Å². The zero-order valence-corrected chi connectivity index (χ0v) is 18.2. The van der Waals surface area contributed by atoms with E-state index >= 15 is 0 Å². The zero-order chi connectivity index (χ0) is 18.9. The number of halogens is 1. The molecule has 27 heavy (non-hydrogen) atoms. The van der Waals surface area contributed by atoms with E-state index in [1.165, 1.54) is 12.0 Å². The molecule has 5 nitrogen and oxygen atoms in total. The van der Waals surface area contributed by atoms with Crippen LogP contribution in [0.3, 0.4) is 0 Å². The van der Waals surface area contributed by atoms with Crippen LogP contribution in [0, 0.1) is 0 Å². The lowest BCUT2D eigenvalue weighted by molar-refractivity contribution is -0.194. The second-order valence-electron chi connectivity index (χ2n) is 8.17. The maximum atomic E-state index is 10.2. The number of rotatable bonds is 5. The molecule has 1 aromatic rings. The number of hydrogen-bond donors (Lipinski definition) is 1. The summed E-state index contributed by atoms with van der Waals surface area (Å²) in [7, 11) is 1.69. The smallest absolute Gasteiger partial charge is 0.168 e. The molecule has 4 rings (SSSR count). The van der Waals surface area contributed by atoms with Gasteiger partial charge in [-0.05, 0) is 43.4 Å². The summed E-state index contributed by atoms with van der Waals surface area (Å²) in [5.41, 5.74) is 1.42. The first-order chi connectivity index (χ1) is 13.1. The minimum atomic E-state index is -0.328. The lowest BCUT2D eigenvalue weighted by Crippen LogP contribution is -2.55. The van der Waals surface area contributed by atoms with Gasteiger partial charge in [0, 0.05) is 34.9 Å². The Balaban J connectivity index is 1.48. The molecule has 2 atom stereocenters. The number of alkyl halides is 1. The van der Waals surface area contributed by atoms with Crippen molar-refractivity contribution >= 4 is 22.6 Å². The number of nitrogens with zero attached hydrogens (tertiary/aromatic N) is 1. The molecule has 1 N–H and O–H groups in total. The fourth-order valence-electron chi connectivity index (χ4n) is 5.22. The van der Waals surface area contributed by atoms with Crippen LogP contribution >= 0.6 is 22.6 Å². The topological polar surface area (TPSA) is 51.2 Å². The Hall–Kier alpha value is -0.410. The molecule has 0 unspecified atom stereocenters. The lowest BCUT2D eigenvalue weighted by Gasteiger charge is -2.48. The maximum absolute atomic E-state index is 10.2. The molecule has 0 radical (unpaired) electrons. The zero-order valence-electron chi connectivity index (χ0n) is 16.0. The van der Waals surface area contributed by atoms with E-state index in [1.807, 2.05) is 12.1 Å². The van der Waals surface area contributed by atoms with Gasteiger partial charge in [-0.2, -0.15) is 0 Å². The molecule has 1 saturated carbocycles. The molecule has 2 saturated heterocycles. The average Bonchev–Trinajstić information content (AvgIpc) is 3.28. The highest BCUT2D eigenvalue weighted by molar-refractivity contribution is 14.1. The Bertz CT molecular complexity index is 622. The molecule has 0 bridgehead atoms. The fourth-order valence-corrected chi connectivity index (χ4v) is 6.46. The van der Waals surface area contributed by atoms with E-state index < -0.39 is 0 Å². The van der Waals surface area contributed by atoms with E-state index in [1.54, 1.807) is 7.11 Å². The third kappa shape index (κ3) is 4.01. The van der Waals surface area contributed by atoms with Crippen LogP contribution in [0.25, 0.3) is 0 Å². The van der Waals surface area contributed by atoms with Crippen LogP contribution in [0.2, 0.25) is 0 Å². The first-order valence-corrected chi connectivity index (χ1v) is 11.3. The Morgan fingerprint density at radius 2 is 1.85 bits per heavy atom. The number of benzene rings is 1. The molecule has 6 heteroatoms. The van der Waals surface area contributed by atoms with E-state index in [2.05, 4.69) is 39.6 Å². The molecule has 2 aliphatic heterocycles. The van der Waals surface area contributed by atoms with Gasteiger partial charge in [-0.3, -0.25) is 4.90 Å². The van der Waals surface area contributed by atoms with Gasteiger partial charge in [0.25, 0.3) is 0 Å². The Kier molecular flexibility index (Phi) is 6.00. The Morgan fingerprint density at radius 1 is 1.19 bits per heavy atom. The van der Waals surface area contributed by atoms with Crippen molar-refractivity contribution in [3.8, 4) is 5.75 Å². The normalized spacial score (nSPS) is 28.0. The molecule has 3 fully saturated rings. The quantitative estimate of drug-likeness (QED) is 0.511. The van der Waals surface area contributed by atoms with Crippen molar-refractivity contribution in [2.75, 3.05) is 33.5 Å². The van der Waals surface area contributed by atoms with Gasteiger partial charge in [0.1, 0.15) is 5.75 Å². The van der Waals surface area contributed by atoms with Crippen LogP contribution in [0.15, 0.2) is 24.3 Å². The van der Waals surface area contributed by atoms with Crippen molar-refractivity contribution in [1.82, 2.24) is 4.90 Å². The summed E-state index contributed by atoms with van der Waals surface area (Å²) >= 11 is 2.59. The van der Waals surface area contributed by atoms with E-state index in [0.717, 1.165) is 57.6 Å². The monoisotopic (exact) mass is 487 g/mol. The van der Waals surface area contributed by atoms with Gasteiger partial charge in [0.2, 0.25) is 0 Å². The van der Waals surface area contributed by atoms with Crippen LogP contribution in [0.1, 0.15) is 37.7 Å². The van der Waals surface area contributed by atoms with Gasteiger partial charge in [-0.25, -0.2) is 0 Å². The van der Waals surface area contributed by atoms with Crippen molar-refractivity contribution in [1.29, 1.82) is 0 Å². The van der Waals surface area contributed by atoms with Gasteiger partial charge < -0.3 is 19.3 Å². The minimum absolute atomic E-state index is 0.151. The first-order valence-electron chi connectivity index (χ1n) is 10.0. The standard InChI is InChI=1S/C21H30INO4/c1-25-19-4-2-16(3-5-19)12-18(15-24)23-14-17(22)13-20(23)6-8-21(9-7-20)26-10-11-27-21/h2-5,17-18,24H,6-15H2,1H3/t17-,18-/m0/s1. The van der Waals surface area contributed by atoms with Crippen LogP contribution in [-0.4, -0.2) is 64.8 Å². The predicted molar refractivity (Wildman–Crippen MR) is 113 cm³/mol. The van der Waals surface area contributed by atoms with Gasteiger partial charge in [0.15, 0.2) is 5.79 Å². The second-order valence-corrected chi connectivity index (χ2v) is 9.94. The van der Waals surface area contributed by atoms with Gasteiger partial charge in [0.05, 0.1) is 26.9 Å². The third-order valence-electron chi connectivity index (χ3n) is 6.64. The van der Waals surface area contributed by atoms with Crippen LogP contribution in [-0.2, 0) is 15.9 Å². The number of hydrogen-bond acceptors (Lipinski definition) is 5. The summed E-state index contributed by atoms with van der Waals surface area (Å²) in [5, 5.41) is 10.2. The molecule has 2 spiro atoms. The highest BCUT2D eigenvalue weighted by atomic mass is 127. The molecule has 150 valence electrons. The van der Waals surface area contributed by atoms with Crippen molar-refractivity contribution in [3.63, 3.8) is 0 Å². The van der Waals surface area contributed by atoms with Crippen molar-refractivity contribution in [2.45, 2.75) is 59.8 Å². The van der Waals surface area contributed by atoms with E-state index in [0.29, 0.717) is 3.92 Å². The number of likely N-dealkylation sites (tertiary alicyclic amines) is 1.